The SMILES string of the molecule is CCO[C@@H](Cc1ccc(OCCn2c3ccccc3c3ccncc32)cc1)C(=O)O. The van der Waals surface area contributed by atoms with E-state index in [9.17, 15) is 9.90 Å². The molecular weight excluding hydrogens is 380 g/mol. The summed E-state index contributed by atoms with van der Waals surface area (Å²) in [5.74, 6) is -0.196. The van der Waals surface area contributed by atoms with Crippen molar-refractivity contribution in [1.29, 1.82) is 0 Å². The molecule has 0 amide bonds. The van der Waals surface area contributed by atoms with Crippen LogP contribution in [0.2, 0.25) is 0 Å². The van der Waals surface area contributed by atoms with Gasteiger partial charge in [-0.25, -0.2) is 4.79 Å². The van der Waals surface area contributed by atoms with Crippen molar-refractivity contribution in [2.75, 3.05) is 13.2 Å². The summed E-state index contributed by atoms with van der Waals surface area (Å²) in [6.45, 7) is 3.37. The molecule has 2 aromatic carbocycles. The van der Waals surface area contributed by atoms with Crippen LogP contribution in [0.5, 0.6) is 5.75 Å². The summed E-state index contributed by atoms with van der Waals surface area (Å²) in [5, 5.41) is 11.6. The minimum Gasteiger partial charge on any atom is -0.492 e. The number of carbonyl (C=O) groups is 1. The van der Waals surface area contributed by atoms with Gasteiger partial charge in [-0.1, -0.05) is 30.3 Å². The van der Waals surface area contributed by atoms with Gasteiger partial charge in [0.1, 0.15) is 12.4 Å². The maximum atomic E-state index is 11.2. The molecule has 154 valence electrons. The second-order valence-electron chi connectivity index (χ2n) is 7.04. The zero-order valence-electron chi connectivity index (χ0n) is 16.8. The van der Waals surface area contributed by atoms with Crippen molar-refractivity contribution < 1.29 is 19.4 Å². The van der Waals surface area contributed by atoms with Crippen LogP contribution >= 0.6 is 0 Å². The van der Waals surface area contributed by atoms with Crippen LogP contribution in [0.15, 0.2) is 67.0 Å². The van der Waals surface area contributed by atoms with Crippen molar-refractivity contribution in [1.82, 2.24) is 9.55 Å². The van der Waals surface area contributed by atoms with E-state index >= 15 is 0 Å². The van der Waals surface area contributed by atoms with Crippen LogP contribution in [0.25, 0.3) is 21.8 Å². The summed E-state index contributed by atoms with van der Waals surface area (Å²) in [5.41, 5.74) is 3.15. The molecule has 0 fully saturated rings. The van der Waals surface area contributed by atoms with Crippen LogP contribution in [0.3, 0.4) is 0 Å². The molecule has 6 heteroatoms. The molecule has 0 aliphatic heterocycles. The van der Waals surface area contributed by atoms with Gasteiger partial charge in [-0.3, -0.25) is 4.98 Å². The highest BCUT2D eigenvalue weighted by molar-refractivity contribution is 6.07. The Labute approximate surface area is 174 Å². The van der Waals surface area contributed by atoms with E-state index in [-0.39, 0.29) is 0 Å². The number of ether oxygens (including phenoxy) is 2. The van der Waals surface area contributed by atoms with Crippen molar-refractivity contribution in [3.8, 4) is 5.75 Å². The third-order valence-corrected chi connectivity index (χ3v) is 5.15. The maximum absolute atomic E-state index is 11.2. The Balaban J connectivity index is 1.43. The first-order chi connectivity index (χ1) is 14.7. The van der Waals surface area contributed by atoms with E-state index in [2.05, 4.69) is 21.7 Å². The lowest BCUT2D eigenvalue weighted by Gasteiger charge is -2.13. The molecule has 30 heavy (non-hydrogen) atoms. The number of rotatable bonds is 9. The van der Waals surface area contributed by atoms with E-state index in [4.69, 9.17) is 9.47 Å². The van der Waals surface area contributed by atoms with Gasteiger partial charge in [-0.15, -0.1) is 0 Å². The van der Waals surface area contributed by atoms with Crippen molar-refractivity contribution in [3.63, 3.8) is 0 Å². The zero-order valence-corrected chi connectivity index (χ0v) is 16.8. The summed E-state index contributed by atoms with van der Waals surface area (Å²) >= 11 is 0. The largest absolute Gasteiger partial charge is 0.492 e. The lowest BCUT2D eigenvalue weighted by molar-refractivity contribution is -0.149. The van der Waals surface area contributed by atoms with Crippen molar-refractivity contribution in [2.45, 2.75) is 26.0 Å². The number of fused-ring (bicyclic) bond motifs is 3. The van der Waals surface area contributed by atoms with Gasteiger partial charge in [0, 0.05) is 35.5 Å². The van der Waals surface area contributed by atoms with E-state index in [1.165, 1.54) is 10.8 Å². The molecule has 0 radical (unpaired) electrons. The number of benzene rings is 2. The number of para-hydroxylation sites is 1. The standard InChI is InChI=1S/C24H24N2O4/c1-2-29-23(24(27)28)15-17-7-9-18(10-8-17)30-14-13-26-21-6-4-3-5-19(21)20-11-12-25-16-22(20)26/h3-12,16,23H,2,13-15H2,1H3,(H,27,28)/t23-/m0/s1. The predicted molar refractivity (Wildman–Crippen MR) is 116 cm³/mol. The number of aliphatic carboxylic acids is 1. The smallest absolute Gasteiger partial charge is 0.333 e. The minimum atomic E-state index is -0.946. The quantitative estimate of drug-likeness (QED) is 0.450. The first kappa shape index (κ1) is 19.9. The van der Waals surface area contributed by atoms with Crippen LogP contribution in [-0.4, -0.2) is 39.9 Å². The molecule has 0 saturated carbocycles. The van der Waals surface area contributed by atoms with Gasteiger partial charge in [0.2, 0.25) is 0 Å². The number of carboxylic acids is 1. The van der Waals surface area contributed by atoms with Crippen molar-refractivity contribution in [2.24, 2.45) is 0 Å². The van der Waals surface area contributed by atoms with E-state index in [1.807, 2.05) is 54.9 Å². The maximum Gasteiger partial charge on any atom is 0.333 e. The Morgan fingerprint density at radius 1 is 1.07 bits per heavy atom. The first-order valence-electron chi connectivity index (χ1n) is 10.0. The molecular formula is C24H24N2O4. The third kappa shape index (κ3) is 4.14. The molecule has 0 saturated heterocycles. The molecule has 0 unspecified atom stereocenters. The van der Waals surface area contributed by atoms with E-state index in [0.29, 0.717) is 26.2 Å². The molecule has 2 aromatic heterocycles. The summed E-state index contributed by atoms with van der Waals surface area (Å²) in [4.78, 5) is 15.5. The fourth-order valence-corrected chi connectivity index (χ4v) is 3.75. The Morgan fingerprint density at radius 3 is 2.60 bits per heavy atom. The normalized spacial score (nSPS) is 12.3. The Kier molecular flexibility index (Phi) is 5.95. The second-order valence-corrected chi connectivity index (χ2v) is 7.04. The summed E-state index contributed by atoms with van der Waals surface area (Å²) in [6.07, 6.45) is 3.21. The summed E-state index contributed by atoms with van der Waals surface area (Å²) in [6, 6.07) is 17.9. The number of nitrogens with zero attached hydrogens (tertiary/aromatic N) is 2. The molecule has 0 aliphatic rings. The molecule has 6 nitrogen and oxygen atoms in total. The fourth-order valence-electron chi connectivity index (χ4n) is 3.75. The van der Waals surface area contributed by atoms with Gasteiger partial charge in [0.25, 0.3) is 0 Å². The average Bonchev–Trinajstić information content (AvgIpc) is 3.09. The summed E-state index contributed by atoms with van der Waals surface area (Å²) in [7, 11) is 0. The monoisotopic (exact) mass is 404 g/mol. The third-order valence-electron chi connectivity index (χ3n) is 5.15. The van der Waals surface area contributed by atoms with Crippen LogP contribution in [0, 0.1) is 0 Å². The highest BCUT2D eigenvalue weighted by Gasteiger charge is 2.17. The van der Waals surface area contributed by atoms with Crippen LogP contribution < -0.4 is 4.74 Å². The Morgan fingerprint density at radius 2 is 1.83 bits per heavy atom. The number of carboxylic acid groups (broad SMARTS) is 1. The number of hydrogen-bond donors (Lipinski definition) is 1. The van der Waals surface area contributed by atoms with E-state index in [1.54, 1.807) is 6.92 Å². The van der Waals surface area contributed by atoms with Crippen molar-refractivity contribution in [3.05, 3.63) is 72.6 Å². The number of hydrogen-bond acceptors (Lipinski definition) is 4. The molecule has 0 spiro atoms. The second kappa shape index (κ2) is 8.97. The van der Waals surface area contributed by atoms with E-state index in [0.717, 1.165) is 22.3 Å². The molecule has 0 aliphatic carbocycles. The molecule has 1 atom stereocenters. The van der Waals surface area contributed by atoms with Gasteiger partial charge in [-0.05, 0) is 36.8 Å². The highest BCUT2D eigenvalue weighted by Crippen LogP contribution is 2.28. The lowest BCUT2D eigenvalue weighted by Crippen LogP contribution is -2.26. The first-order valence-corrected chi connectivity index (χ1v) is 10.0. The van der Waals surface area contributed by atoms with Gasteiger partial charge in [0.05, 0.1) is 18.3 Å². The fraction of sp³-hybridized carbons (Fsp3) is 0.250. The van der Waals surface area contributed by atoms with Gasteiger partial charge in [-0.2, -0.15) is 0 Å². The minimum absolute atomic E-state index is 0.331. The van der Waals surface area contributed by atoms with Gasteiger partial charge >= 0.3 is 5.97 Å². The van der Waals surface area contributed by atoms with Crippen molar-refractivity contribution >= 4 is 27.8 Å². The Bertz CT molecular complexity index is 1100. The Hall–Kier alpha value is -3.38. The molecule has 4 aromatic rings. The highest BCUT2D eigenvalue weighted by atomic mass is 16.5. The molecule has 1 N–H and O–H groups in total. The van der Waals surface area contributed by atoms with Crippen LogP contribution in [0.1, 0.15) is 12.5 Å². The topological polar surface area (TPSA) is 73.6 Å². The average molecular weight is 404 g/mol. The van der Waals surface area contributed by atoms with Gasteiger partial charge in [0.15, 0.2) is 6.10 Å². The van der Waals surface area contributed by atoms with Gasteiger partial charge < -0.3 is 19.1 Å². The van der Waals surface area contributed by atoms with E-state index < -0.39 is 12.1 Å². The van der Waals surface area contributed by atoms with Crippen LogP contribution in [0.4, 0.5) is 0 Å². The number of aromatic nitrogens is 2. The lowest BCUT2D eigenvalue weighted by atomic mass is 10.1. The zero-order chi connectivity index (χ0) is 20.9. The van der Waals surface area contributed by atoms with Crippen LogP contribution in [-0.2, 0) is 22.5 Å². The summed E-state index contributed by atoms with van der Waals surface area (Å²) < 4.78 is 13.4. The molecule has 2 heterocycles. The molecule has 4 rings (SSSR count). The number of pyridine rings is 1. The molecule has 0 bridgehead atoms. The predicted octanol–water partition coefficient (Wildman–Crippen LogP) is 4.30.